The zero-order chi connectivity index (χ0) is 25.2. The van der Waals surface area contributed by atoms with Crippen LogP contribution in [0, 0.1) is 17.6 Å². The topological polar surface area (TPSA) is 83.4 Å². The Morgan fingerprint density at radius 2 is 1.75 bits per heavy atom. The first-order valence-corrected chi connectivity index (χ1v) is 11.9. The number of carbonyl (C=O) groups excluding carboxylic acids is 2. The van der Waals surface area contributed by atoms with Crippen molar-refractivity contribution in [2.24, 2.45) is 5.92 Å². The third kappa shape index (κ3) is 5.00. The highest BCUT2D eigenvalue weighted by Gasteiger charge is 2.37. The summed E-state index contributed by atoms with van der Waals surface area (Å²) in [7, 11) is 0. The Balaban J connectivity index is 1.33. The minimum Gasteiger partial charge on any atom is -0.326 e. The van der Waals surface area contributed by atoms with E-state index in [0.29, 0.717) is 19.6 Å². The van der Waals surface area contributed by atoms with Crippen LogP contribution in [0.2, 0.25) is 0 Å². The highest BCUT2D eigenvalue weighted by molar-refractivity contribution is 5.97. The Kier molecular flexibility index (Phi) is 6.54. The molecule has 9 heteroatoms. The van der Waals surface area contributed by atoms with Crippen LogP contribution in [0.4, 0.5) is 19.3 Å². The first kappa shape index (κ1) is 23.7. The van der Waals surface area contributed by atoms with Gasteiger partial charge in [-0.2, -0.15) is 0 Å². The Labute approximate surface area is 206 Å². The van der Waals surface area contributed by atoms with Crippen LogP contribution in [0.1, 0.15) is 23.6 Å². The lowest BCUT2D eigenvalue weighted by atomic mass is 9.83. The predicted molar refractivity (Wildman–Crippen MR) is 131 cm³/mol. The van der Waals surface area contributed by atoms with Crippen LogP contribution in [0.25, 0.3) is 0 Å². The van der Waals surface area contributed by atoms with Gasteiger partial charge in [-0.05, 0) is 36.1 Å². The van der Waals surface area contributed by atoms with Gasteiger partial charge in [0, 0.05) is 55.5 Å². The van der Waals surface area contributed by atoms with E-state index in [1.807, 2.05) is 36.4 Å². The number of likely N-dealkylation sites (tertiary alicyclic amines) is 1. The van der Waals surface area contributed by atoms with E-state index >= 15 is 0 Å². The number of anilines is 1. The summed E-state index contributed by atoms with van der Waals surface area (Å²) in [6, 6.07) is 16.2. The van der Waals surface area contributed by atoms with Gasteiger partial charge in [-0.3, -0.25) is 9.59 Å². The number of amides is 3. The summed E-state index contributed by atoms with van der Waals surface area (Å²) in [6.45, 7) is 1.47. The second-order valence-corrected chi connectivity index (χ2v) is 9.41. The van der Waals surface area contributed by atoms with Gasteiger partial charge in [0.05, 0.1) is 0 Å². The van der Waals surface area contributed by atoms with Gasteiger partial charge < -0.3 is 20.1 Å². The highest BCUT2D eigenvalue weighted by atomic mass is 19.2. The molecule has 2 aliphatic heterocycles. The molecule has 1 fully saturated rings. The van der Waals surface area contributed by atoms with Crippen molar-refractivity contribution < 1.29 is 18.4 Å². The maximum absolute atomic E-state index is 13.6. The molecule has 0 saturated carbocycles. The molecule has 7 nitrogen and oxygen atoms in total. The van der Waals surface area contributed by atoms with Crippen molar-refractivity contribution in [1.29, 1.82) is 0 Å². The second-order valence-electron chi connectivity index (χ2n) is 9.41. The number of fused-ring (bicyclic) bond motifs is 4. The number of rotatable bonds is 5. The SMILES string of the molecule is O=C(Nc1ccc(F)c(F)c1)[C@H](Cc1ccccc1)NC(=O)N1CC2CC(C1)c1cccc(=O)n1C2. The molecular weight excluding hydrogens is 466 g/mol. The van der Waals surface area contributed by atoms with Crippen LogP contribution in [-0.2, 0) is 17.8 Å². The van der Waals surface area contributed by atoms with Crippen molar-refractivity contribution >= 4 is 17.6 Å². The van der Waals surface area contributed by atoms with E-state index in [0.717, 1.165) is 29.8 Å². The third-order valence-corrected chi connectivity index (χ3v) is 6.85. The van der Waals surface area contributed by atoms with Crippen molar-refractivity contribution in [2.45, 2.75) is 31.3 Å². The zero-order valence-corrected chi connectivity index (χ0v) is 19.5. The molecule has 2 N–H and O–H groups in total. The van der Waals surface area contributed by atoms with Gasteiger partial charge in [0.25, 0.3) is 5.56 Å². The maximum Gasteiger partial charge on any atom is 0.318 e. The maximum atomic E-state index is 13.6. The summed E-state index contributed by atoms with van der Waals surface area (Å²) in [5.74, 6) is -2.43. The molecule has 2 bridgehead atoms. The molecule has 0 radical (unpaired) electrons. The number of nitrogens with zero attached hydrogens (tertiary/aromatic N) is 2. The minimum atomic E-state index is -1.07. The number of carbonyl (C=O) groups is 2. The van der Waals surface area contributed by atoms with Crippen LogP contribution < -0.4 is 16.2 Å². The normalized spacial score (nSPS) is 19.2. The standard InChI is InChI=1S/C27H26F2N4O3/c28-21-10-9-20(13-22(21)29)30-26(35)23(12-17-5-2-1-3-6-17)31-27(36)32-14-18-11-19(16-32)24-7-4-8-25(34)33(24)15-18/h1-10,13,18-19,23H,11-12,14-16H2,(H,30,35)(H,31,36)/t18?,19?,23-/m0/s1. The summed E-state index contributed by atoms with van der Waals surface area (Å²) >= 11 is 0. The number of nitrogens with one attached hydrogen (secondary N) is 2. The highest BCUT2D eigenvalue weighted by Crippen LogP contribution is 2.34. The lowest BCUT2D eigenvalue weighted by Crippen LogP contribution is -2.55. The van der Waals surface area contributed by atoms with Crippen molar-refractivity contribution in [3.63, 3.8) is 0 Å². The van der Waals surface area contributed by atoms with Gasteiger partial charge in [-0.1, -0.05) is 36.4 Å². The lowest BCUT2D eigenvalue weighted by Gasteiger charge is -2.43. The molecule has 1 saturated heterocycles. The summed E-state index contributed by atoms with van der Waals surface area (Å²) in [5.41, 5.74) is 1.83. The van der Waals surface area contributed by atoms with E-state index in [9.17, 15) is 23.2 Å². The average molecular weight is 493 g/mol. The van der Waals surface area contributed by atoms with Crippen molar-refractivity contribution in [1.82, 2.24) is 14.8 Å². The molecular formula is C27H26F2N4O3. The zero-order valence-electron chi connectivity index (χ0n) is 19.5. The molecule has 3 aromatic rings. The van der Waals surface area contributed by atoms with Gasteiger partial charge in [-0.15, -0.1) is 0 Å². The van der Waals surface area contributed by atoms with Crippen LogP contribution in [-0.4, -0.2) is 40.5 Å². The third-order valence-electron chi connectivity index (χ3n) is 6.85. The molecule has 3 atom stereocenters. The summed E-state index contributed by atoms with van der Waals surface area (Å²) in [5, 5.41) is 5.43. The molecule has 36 heavy (non-hydrogen) atoms. The first-order valence-electron chi connectivity index (χ1n) is 11.9. The molecule has 2 aromatic carbocycles. The van der Waals surface area contributed by atoms with Crippen LogP contribution in [0.5, 0.6) is 0 Å². The number of hydrogen-bond donors (Lipinski definition) is 2. The molecule has 3 amide bonds. The minimum absolute atomic E-state index is 0.0306. The average Bonchev–Trinajstić information content (AvgIpc) is 2.87. The van der Waals surface area contributed by atoms with Gasteiger partial charge >= 0.3 is 6.03 Å². The molecule has 0 aliphatic carbocycles. The number of urea groups is 1. The van der Waals surface area contributed by atoms with Crippen molar-refractivity contribution in [3.05, 3.63) is 100.0 Å². The molecule has 0 spiro atoms. The number of halogens is 2. The summed E-state index contributed by atoms with van der Waals surface area (Å²) in [4.78, 5) is 40.4. The Hall–Kier alpha value is -4.01. The molecule has 2 unspecified atom stereocenters. The fourth-order valence-corrected chi connectivity index (χ4v) is 5.16. The van der Waals surface area contributed by atoms with E-state index in [2.05, 4.69) is 10.6 Å². The number of piperidine rings is 1. The predicted octanol–water partition coefficient (Wildman–Crippen LogP) is 3.51. The Bertz CT molecular complexity index is 1340. The van der Waals surface area contributed by atoms with Crippen LogP contribution >= 0.6 is 0 Å². The van der Waals surface area contributed by atoms with Gasteiger partial charge in [-0.25, -0.2) is 13.6 Å². The molecule has 3 heterocycles. The lowest BCUT2D eigenvalue weighted by molar-refractivity contribution is -0.118. The first-order chi connectivity index (χ1) is 17.4. The van der Waals surface area contributed by atoms with Gasteiger partial charge in [0.15, 0.2) is 11.6 Å². The van der Waals surface area contributed by atoms with Crippen molar-refractivity contribution in [3.8, 4) is 0 Å². The number of hydrogen-bond acceptors (Lipinski definition) is 3. The number of pyridine rings is 1. The van der Waals surface area contributed by atoms with E-state index < -0.39 is 23.6 Å². The molecule has 2 aliphatic rings. The summed E-state index contributed by atoms with van der Waals surface area (Å²) < 4.78 is 28.7. The van der Waals surface area contributed by atoms with Crippen molar-refractivity contribution in [2.75, 3.05) is 18.4 Å². The van der Waals surface area contributed by atoms with Crippen LogP contribution in [0.3, 0.4) is 0 Å². The van der Waals surface area contributed by atoms with E-state index in [1.54, 1.807) is 21.6 Å². The Morgan fingerprint density at radius 3 is 2.53 bits per heavy atom. The van der Waals surface area contributed by atoms with Gasteiger partial charge in [0.2, 0.25) is 5.91 Å². The van der Waals surface area contributed by atoms with Gasteiger partial charge in [0.1, 0.15) is 6.04 Å². The van der Waals surface area contributed by atoms with E-state index in [4.69, 9.17) is 0 Å². The second kappa shape index (κ2) is 9.93. The number of benzene rings is 2. The quantitative estimate of drug-likeness (QED) is 0.572. The fraction of sp³-hybridized carbons (Fsp3) is 0.296. The van der Waals surface area contributed by atoms with E-state index in [-0.39, 0.29) is 35.5 Å². The molecule has 5 rings (SSSR count). The molecule has 1 aromatic heterocycles. The summed E-state index contributed by atoms with van der Waals surface area (Å²) in [6.07, 6.45) is 1.12. The smallest absolute Gasteiger partial charge is 0.318 e. The Morgan fingerprint density at radius 1 is 0.944 bits per heavy atom. The fourth-order valence-electron chi connectivity index (χ4n) is 5.16. The van der Waals surface area contributed by atoms with E-state index in [1.165, 1.54) is 6.07 Å². The number of aromatic nitrogens is 1. The monoisotopic (exact) mass is 492 g/mol. The largest absolute Gasteiger partial charge is 0.326 e. The van der Waals surface area contributed by atoms with Crippen LogP contribution in [0.15, 0.2) is 71.5 Å². The molecule has 186 valence electrons.